The van der Waals surface area contributed by atoms with Gasteiger partial charge in [0.1, 0.15) is 0 Å². The van der Waals surface area contributed by atoms with Crippen LogP contribution in [0.1, 0.15) is 31.2 Å². The number of aromatic nitrogens is 2. The lowest BCUT2D eigenvalue weighted by atomic mass is 10.0. The molecule has 1 fully saturated rings. The number of rotatable bonds is 5. The van der Waals surface area contributed by atoms with Crippen LogP contribution in [0.15, 0.2) is 6.07 Å². The normalized spacial score (nSPS) is 17.5. The van der Waals surface area contributed by atoms with Crippen molar-refractivity contribution in [2.24, 2.45) is 13.0 Å². The van der Waals surface area contributed by atoms with Gasteiger partial charge in [-0.05, 0) is 49.3 Å². The average Bonchev–Trinajstić information content (AvgIpc) is 2.72. The fourth-order valence-electron chi connectivity index (χ4n) is 2.26. The summed E-state index contributed by atoms with van der Waals surface area (Å²) in [5.41, 5.74) is 2.49. The van der Waals surface area contributed by atoms with Gasteiger partial charge in [0.05, 0.1) is 11.4 Å². The van der Waals surface area contributed by atoms with Crippen LogP contribution in [0.2, 0.25) is 0 Å². The monoisotopic (exact) mass is 253 g/mol. The van der Waals surface area contributed by atoms with Crippen molar-refractivity contribution in [3.05, 3.63) is 17.5 Å². The Morgan fingerprint density at radius 3 is 2.88 bits per heavy atom. The molecule has 2 rings (SSSR count). The fraction of sp³-hybridized carbons (Fsp3) is 0.769. The Morgan fingerprint density at radius 2 is 2.24 bits per heavy atom. The first-order valence-electron chi connectivity index (χ1n) is 6.60. The van der Waals surface area contributed by atoms with Crippen LogP contribution in [-0.2, 0) is 20.0 Å². The molecular formula is C13H23N3S. The van der Waals surface area contributed by atoms with Crippen molar-refractivity contribution in [1.82, 2.24) is 15.1 Å². The molecular weight excluding hydrogens is 230 g/mol. The van der Waals surface area contributed by atoms with Crippen LogP contribution in [0.4, 0.5) is 0 Å². The predicted molar refractivity (Wildman–Crippen MR) is 74.3 cm³/mol. The first kappa shape index (κ1) is 13.0. The van der Waals surface area contributed by atoms with E-state index in [1.165, 1.54) is 35.7 Å². The van der Waals surface area contributed by atoms with E-state index in [0.29, 0.717) is 0 Å². The Kier molecular flexibility index (Phi) is 4.92. The maximum Gasteiger partial charge on any atom is 0.0625 e. The minimum absolute atomic E-state index is 0.884. The van der Waals surface area contributed by atoms with Gasteiger partial charge in [0.2, 0.25) is 0 Å². The third-order valence-electron chi connectivity index (χ3n) is 3.47. The van der Waals surface area contributed by atoms with E-state index in [4.69, 9.17) is 0 Å². The third-order valence-corrected chi connectivity index (χ3v) is 4.52. The molecule has 1 N–H and O–H groups in total. The molecule has 0 unspecified atom stereocenters. The highest BCUT2D eigenvalue weighted by Gasteiger charge is 2.13. The van der Waals surface area contributed by atoms with Crippen molar-refractivity contribution in [3.8, 4) is 0 Å². The lowest BCUT2D eigenvalue weighted by Crippen LogP contribution is -2.26. The molecule has 0 aliphatic carbocycles. The Hall–Kier alpha value is -0.480. The summed E-state index contributed by atoms with van der Waals surface area (Å²) in [4.78, 5) is 0. The van der Waals surface area contributed by atoms with E-state index >= 15 is 0 Å². The van der Waals surface area contributed by atoms with Gasteiger partial charge in [-0.2, -0.15) is 16.9 Å². The fourth-order valence-corrected chi connectivity index (χ4v) is 3.47. The second kappa shape index (κ2) is 6.45. The molecule has 0 radical (unpaired) electrons. The zero-order valence-corrected chi connectivity index (χ0v) is 11.7. The van der Waals surface area contributed by atoms with Crippen LogP contribution in [-0.4, -0.2) is 27.8 Å². The second-order valence-electron chi connectivity index (χ2n) is 4.79. The molecule has 1 aromatic rings. The van der Waals surface area contributed by atoms with Gasteiger partial charge in [0.25, 0.3) is 0 Å². The van der Waals surface area contributed by atoms with Crippen LogP contribution < -0.4 is 5.32 Å². The summed E-state index contributed by atoms with van der Waals surface area (Å²) in [7, 11) is 2.04. The van der Waals surface area contributed by atoms with E-state index in [1.54, 1.807) is 0 Å². The molecule has 1 aliphatic heterocycles. The summed E-state index contributed by atoms with van der Waals surface area (Å²) in [5, 5.41) is 8.05. The van der Waals surface area contributed by atoms with Gasteiger partial charge in [0.15, 0.2) is 0 Å². The van der Waals surface area contributed by atoms with E-state index in [2.05, 4.69) is 35.2 Å². The Labute approximate surface area is 108 Å². The zero-order valence-electron chi connectivity index (χ0n) is 10.9. The zero-order chi connectivity index (χ0) is 12.1. The Balaban J connectivity index is 1.75. The summed E-state index contributed by atoms with van der Waals surface area (Å²) in [5.74, 6) is 3.57. The first-order chi connectivity index (χ1) is 8.29. The van der Waals surface area contributed by atoms with Crippen LogP contribution >= 0.6 is 11.8 Å². The molecule has 1 aliphatic rings. The highest BCUT2D eigenvalue weighted by Crippen LogP contribution is 2.21. The van der Waals surface area contributed by atoms with Crippen LogP contribution in [0.25, 0.3) is 0 Å². The molecule has 4 heteroatoms. The largest absolute Gasteiger partial charge is 0.311 e. The molecule has 17 heavy (non-hydrogen) atoms. The highest BCUT2D eigenvalue weighted by molar-refractivity contribution is 7.99. The molecule has 96 valence electrons. The number of nitrogens with one attached hydrogen (secondary N) is 1. The molecule has 0 saturated carbocycles. The van der Waals surface area contributed by atoms with Gasteiger partial charge in [-0.3, -0.25) is 4.68 Å². The molecule has 1 saturated heterocycles. The molecule has 0 bridgehead atoms. The topological polar surface area (TPSA) is 29.9 Å². The number of thioether (sulfide) groups is 1. The van der Waals surface area contributed by atoms with Crippen molar-refractivity contribution in [2.45, 2.75) is 32.7 Å². The van der Waals surface area contributed by atoms with Crippen LogP contribution in [0.3, 0.4) is 0 Å². The number of aryl methyl sites for hydroxylation is 2. The third kappa shape index (κ3) is 3.75. The highest BCUT2D eigenvalue weighted by atomic mass is 32.2. The van der Waals surface area contributed by atoms with E-state index in [-0.39, 0.29) is 0 Å². The van der Waals surface area contributed by atoms with Gasteiger partial charge >= 0.3 is 0 Å². The van der Waals surface area contributed by atoms with Gasteiger partial charge in [0, 0.05) is 13.6 Å². The summed E-state index contributed by atoms with van der Waals surface area (Å²) in [6, 6.07) is 2.21. The second-order valence-corrected chi connectivity index (χ2v) is 6.02. The average molecular weight is 253 g/mol. The summed E-state index contributed by atoms with van der Waals surface area (Å²) < 4.78 is 2.00. The summed E-state index contributed by atoms with van der Waals surface area (Å²) in [6.45, 7) is 4.26. The maximum atomic E-state index is 4.47. The minimum Gasteiger partial charge on any atom is -0.311 e. The van der Waals surface area contributed by atoms with Crippen LogP contribution in [0.5, 0.6) is 0 Å². The van der Waals surface area contributed by atoms with Gasteiger partial charge in [-0.15, -0.1) is 0 Å². The van der Waals surface area contributed by atoms with Crippen LogP contribution in [0, 0.1) is 5.92 Å². The van der Waals surface area contributed by atoms with Crippen molar-refractivity contribution in [1.29, 1.82) is 0 Å². The van der Waals surface area contributed by atoms with E-state index in [0.717, 1.165) is 25.4 Å². The van der Waals surface area contributed by atoms with Crippen molar-refractivity contribution in [2.75, 3.05) is 18.1 Å². The smallest absolute Gasteiger partial charge is 0.0625 e. The molecule has 0 atom stereocenters. The standard InChI is InChI=1S/C13H23N3S/c1-3-12-8-13(16(2)15-12)10-14-9-11-4-6-17-7-5-11/h8,11,14H,3-7,9-10H2,1-2H3. The van der Waals surface area contributed by atoms with Crippen molar-refractivity contribution < 1.29 is 0 Å². The summed E-state index contributed by atoms with van der Waals surface area (Å²) >= 11 is 2.10. The summed E-state index contributed by atoms with van der Waals surface area (Å²) in [6.07, 6.45) is 3.78. The lowest BCUT2D eigenvalue weighted by Gasteiger charge is -2.21. The van der Waals surface area contributed by atoms with Crippen molar-refractivity contribution in [3.63, 3.8) is 0 Å². The predicted octanol–water partition coefficient (Wildman–Crippen LogP) is 2.22. The molecule has 0 aromatic carbocycles. The first-order valence-corrected chi connectivity index (χ1v) is 7.75. The molecule has 3 nitrogen and oxygen atoms in total. The maximum absolute atomic E-state index is 4.47. The Bertz CT molecular complexity index is 342. The minimum atomic E-state index is 0.884. The number of hydrogen-bond donors (Lipinski definition) is 1. The van der Waals surface area contributed by atoms with E-state index < -0.39 is 0 Å². The lowest BCUT2D eigenvalue weighted by molar-refractivity contribution is 0.443. The van der Waals surface area contributed by atoms with Gasteiger partial charge in [-0.25, -0.2) is 0 Å². The van der Waals surface area contributed by atoms with Gasteiger partial charge < -0.3 is 5.32 Å². The molecule has 0 amide bonds. The number of hydrogen-bond acceptors (Lipinski definition) is 3. The molecule has 2 heterocycles. The van der Waals surface area contributed by atoms with E-state index in [1.807, 2.05) is 11.7 Å². The molecule has 1 aromatic heterocycles. The SMILES string of the molecule is CCc1cc(CNCC2CCSCC2)n(C)n1. The number of nitrogens with zero attached hydrogens (tertiary/aromatic N) is 2. The quantitative estimate of drug-likeness (QED) is 0.872. The Morgan fingerprint density at radius 1 is 1.47 bits per heavy atom. The van der Waals surface area contributed by atoms with Crippen molar-refractivity contribution >= 4 is 11.8 Å². The molecule has 0 spiro atoms. The van der Waals surface area contributed by atoms with Gasteiger partial charge in [-0.1, -0.05) is 6.92 Å². The van der Waals surface area contributed by atoms with E-state index in [9.17, 15) is 0 Å².